The Balaban J connectivity index is 1.63. The third-order valence-corrected chi connectivity index (χ3v) is 4.99. The molecule has 0 spiro atoms. The number of carbonyl (C=O) groups excluding carboxylic acids is 3. The van der Waals surface area contributed by atoms with Crippen molar-refractivity contribution in [1.82, 2.24) is 5.43 Å². The molecule has 0 aliphatic carbocycles. The number of anilines is 1. The molecule has 2 N–H and O–H groups in total. The van der Waals surface area contributed by atoms with Gasteiger partial charge in [0.25, 0.3) is 0 Å². The number of aryl methyl sites for hydroxylation is 2. The molecule has 3 rings (SSSR count). The van der Waals surface area contributed by atoms with E-state index >= 15 is 0 Å². The lowest BCUT2D eigenvalue weighted by molar-refractivity contribution is -0.136. The molecule has 174 valence electrons. The Labute approximate surface area is 201 Å². The molecule has 8 nitrogen and oxygen atoms in total. The molecule has 0 radical (unpaired) electrons. The zero-order valence-electron chi connectivity index (χ0n) is 18.7. The Morgan fingerprint density at radius 1 is 0.912 bits per heavy atom. The molecule has 0 heterocycles. The number of methoxy groups -OCH3 is 1. The van der Waals surface area contributed by atoms with E-state index in [9.17, 15) is 14.4 Å². The van der Waals surface area contributed by atoms with Gasteiger partial charge in [-0.2, -0.15) is 5.10 Å². The number of rotatable bonds is 6. The molecule has 34 heavy (non-hydrogen) atoms. The lowest BCUT2D eigenvalue weighted by Crippen LogP contribution is -2.32. The molecule has 0 saturated carbocycles. The number of esters is 1. The average molecular weight is 480 g/mol. The maximum absolute atomic E-state index is 12.4. The second kappa shape index (κ2) is 11.1. The zero-order chi connectivity index (χ0) is 24.7. The van der Waals surface area contributed by atoms with Crippen LogP contribution in [-0.4, -0.2) is 31.1 Å². The highest BCUT2D eigenvalue weighted by molar-refractivity contribution is 6.39. The van der Waals surface area contributed by atoms with Crippen LogP contribution in [-0.2, 0) is 9.59 Å². The van der Waals surface area contributed by atoms with Crippen molar-refractivity contribution in [1.29, 1.82) is 0 Å². The first kappa shape index (κ1) is 24.5. The Morgan fingerprint density at radius 3 is 2.29 bits per heavy atom. The lowest BCUT2D eigenvalue weighted by atomic mass is 10.1. The standard InChI is InChI=1S/C25H22ClN3O5/c1-15-6-4-7-16(2)22(15)28-23(30)24(31)29-27-14-17-10-11-20(21(12-17)33-3)34-25(32)18-8-5-9-19(26)13-18/h4-14H,1-3H3,(H,28,30)(H,29,31)/b27-14+. The monoisotopic (exact) mass is 479 g/mol. The van der Waals surface area contributed by atoms with Crippen LogP contribution in [0.3, 0.4) is 0 Å². The van der Waals surface area contributed by atoms with Crippen LogP contribution in [0.1, 0.15) is 27.0 Å². The number of amides is 2. The smallest absolute Gasteiger partial charge is 0.343 e. The first-order valence-corrected chi connectivity index (χ1v) is 10.5. The maximum Gasteiger partial charge on any atom is 0.343 e. The number of carbonyl (C=O) groups is 3. The van der Waals surface area contributed by atoms with Crippen LogP contribution in [0.5, 0.6) is 11.5 Å². The van der Waals surface area contributed by atoms with Gasteiger partial charge in [-0.1, -0.05) is 35.9 Å². The quantitative estimate of drug-likeness (QED) is 0.180. The Hall–Kier alpha value is -4.17. The zero-order valence-corrected chi connectivity index (χ0v) is 19.5. The lowest BCUT2D eigenvalue weighted by Gasteiger charge is -2.10. The summed E-state index contributed by atoms with van der Waals surface area (Å²) < 4.78 is 10.7. The van der Waals surface area contributed by atoms with Crippen molar-refractivity contribution in [2.45, 2.75) is 13.8 Å². The number of hydrazone groups is 1. The molecule has 0 aromatic heterocycles. The summed E-state index contributed by atoms with van der Waals surface area (Å²) in [7, 11) is 1.42. The van der Waals surface area contributed by atoms with Gasteiger partial charge >= 0.3 is 17.8 Å². The van der Waals surface area contributed by atoms with Crippen LogP contribution in [0, 0.1) is 13.8 Å². The minimum absolute atomic E-state index is 0.196. The SMILES string of the molecule is COc1cc(/C=N/NC(=O)C(=O)Nc2c(C)cccc2C)ccc1OC(=O)c1cccc(Cl)c1. The minimum atomic E-state index is -0.919. The molecule has 0 fully saturated rings. The van der Waals surface area contributed by atoms with Gasteiger partial charge in [0.05, 0.1) is 18.9 Å². The number of nitrogens with zero attached hydrogens (tertiary/aromatic N) is 1. The number of nitrogens with one attached hydrogen (secondary N) is 2. The van der Waals surface area contributed by atoms with Gasteiger partial charge < -0.3 is 14.8 Å². The van der Waals surface area contributed by atoms with Gasteiger partial charge in [-0.25, -0.2) is 10.2 Å². The van der Waals surface area contributed by atoms with Crippen LogP contribution in [0.25, 0.3) is 0 Å². The molecule has 2 amide bonds. The Kier molecular flexibility index (Phi) is 8.00. The summed E-state index contributed by atoms with van der Waals surface area (Å²) in [5.74, 6) is -1.88. The number of hydrogen-bond acceptors (Lipinski definition) is 6. The second-order valence-corrected chi connectivity index (χ2v) is 7.67. The van der Waals surface area contributed by atoms with Crippen molar-refractivity contribution in [3.63, 3.8) is 0 Å². The summed E-state index contributed by atoms with van der Waals surface area (Å²) in [6.45, 7) is 3.67. The van der Waals surface area contributed by atoms with Crippen LogP contribution in [0.15, 0.2) is 65.8 Å². The van der Waals surface area contributed by atoms with E-state index in [1.54, 1.807) is 30.3 Å². The number of hydrogen-bond donors (Lipinski definition) is 2. The molecule has 0 atom stereocenters. The number of benzene rings is 3. The van der Waals surface area contributed by atoms with Gasteiger partial charge in [-0.15, -0.1) is 0 Å². The normalized spacial score (nSPS) is 10.6. The topological polar surface area (TPSA) is 106 Å². The average Bonchev–Trinajstić information content (AvgIpc) is 2.82. The summed E-state index contributed by atoms with van der Waals surface area (Å²) in [4.78, 5) is 36.6. The van der Waals surface area contributed by atoms with Crippen LogP contribution < -0.4 is 20.2 Å². The first-order chi connectivity index (χ1) is 16.3. The minimum Gasteiger partial charge on any atom is -0.493 e. The van der Waals surface area contributed by atoms with Crippen molar-refractivity contribution < 1.29 is 23.9 Å². The summed E-state index contributed by atoms with van der Waals surface area (Å²) in [5.41, 5.74) is 5.28. The summed E-state index contributed by atoms with van der Waals surface area (Å²) in [6, 6.07) is 16.6. The third-order valence-electron chi connectivity index (χ3n) is 4.76. The van der Waals surface area contributed by atoms with E-state index in [0.717, 1.165) is 11.1 Å². The van der Waals surface area contributed by atoms with Crippen LogP contribution in [0.4, 0.5) is 5.69 Å². The summed E-state index contributed by atoms with van der Waals surface area (Å²) in [6.07, 6.45) is 1.33. The highest BCUT2D eigenvalue weighted by Gasteiger charge is 2.16. The highest BCUT2D eigenvalue weighted by Crippen LogP contribution is 2.28. The molecular weight excluding hydrogens is 458 g/mol. The van der Waals surface area contributed by atoms with Gasteiger partial charge in [0.2, 0.25) is 0 Å². The van der Waals surface area contributed by atoms with E-state index in [1.807, 2.05) is 32.0 Å². The van der Waals surface area contributed by atoms with Crippen molar-refractivity contribution in [2.24, 2.45) is 5.10 Å². The molecule has 0 unspecified atom stereocenters. The molecular formula is C25H22ClN3O5. The van der Waals surface area contributed by atoms with Gasteiger partial charge in [0, 0.05) is 10.7 Å². The van der Waals surface area contributed by atoms with E-state index < -0.39 is 17.8 Å². The second-order valence-electron chi connectivity index (χ2n) is 7.23. The largest absolute Gasteiger partial charge is 0.493 e. The van der Waals surface area contributed by atoms with Crippen molar-refractivity contribution in [2.75, 3.05) is 12.4 Å². The van der Waals surface area contributed by atoms with Crippen molar-refractivity contribution in [3.8, 4) is 11.5 Å². The molecule has 0 aliphatic heterocycles. The summed E-state index contributed by atoms with van der Waals surface area (Å²) in [5, 5.41) is 6.81. The number of ether oxygens (including phenoxy) is 2. The third kappa shape index (κ3) is 6.20. The van der Waals surface area contributed by atoms with E-state index in [1.165, 1.54) is 25.5 Å². The highest BCUT2D eigenvalue weighted by atomic mass is 35.5. The van der Waals surface area contributed by atoms with Crippen molar-refractivity contribution >= 4 is 41.3 Å². The molecule has 3 aromatic rings. The number of halogens is 1. The van der Waals surface area contributed by atoms with E-state index in [4.69, 9.17) is 21.1 Å². The fourth-order valence-corrected chi connectivity index (χ4v) is 3.21. The molecule has 0 aliphatic rings. The molecule has 3 aromatic carbocycles. The van der Waals surface area contributed by atoms with Crippen molar-refractivity contribution in [3.05, 3.63) is 87.9 Å². The van der Waals surface area contributed by atoms with Gasteiger partial charge in [-0.3, -0.25) is 9.59 Å². The predicted octanol–water partition coefficient (Wildman–Crippen LogP) is 4.27. The van der Waals surface area contributed by atoms with Gasteiger partial charge in [0.15, 0.2) is 11.5 Å². The fourth-order valence-electron chi connectivity index (χ4n) is 3.02. The van der Waals surface area contributed by atoms with E-state index in [0.29, 0.717) is 21.8 Å². The Bertz CT molecular complexity index is 1250. The predicted molar refractivity (Wildman–Crippen MR) is 130 cm³/mol. The van der Waals surface area contributed by atoms with Crippen LogP contribution >= 0.6 is 11.6 Å². The molecule has 0 saturated heterocycles. The van der Waals surface area contributed by atoms with E-state index in [2.05, 4.69) is 15.8 Å². The Morgan fingerprint density at radius 2 is 1.62 bits per heavy atom. The maximum atomic E-state index is 12.4. The van der Waals surface area contributed by atoms with Crippen LogP contribution in [0.2, 0.25) is 5.02 Å². The fraction of sp³-hybridized carbons (Fsp3) is 0.120. The van der Waals surface area contributed by atoms with E-state index in [-0.39, 0.29) is 11.5 Å². The molecule has 9 heteroatoms. The van der Waals surface area contributed by atoms with Gasteiger partial charge in [0.1, 0.15) is 0 Å². The number of para-hydroxylation sites is 1. The molecule has 0 bridgehead atoms. The first-order valence-electron chi connectivity index (χ1n) is 10.1. The summed E-state index contributed by atoms with van der Waals surface area (Å²) >= 11 is 5.91. The van der Waals surface area contributed by atoms with Gasteiger partial charge in [-0.05, 0) is 66.9 Å².